The van der Waals surface area contributed by atoms with E-state index in [1.54, 1.807) is 11.8 Å². The first-order chi connectivity index (χ1) is 12.7. The zero-order chi connectivity index (χ0) is 18.4. The van der Waals surface area contributed by atoms with E-state index in [0.29, 0.717) is 0 Å². The molecule has 26 heavy (non-hydrogen) atoms. The van der Waals surface area contributed by atoms with Gasteiger partial charge in [-0.2, -0.15) is 0 Å². The van der Waals surface area contributed by atoms with Crippen molar-refractivity contribution in [2.45, 2.75) is 28.2 Å². The Balaban J connectivity index is 1.75. The molecule has 0 unspecified atom stereocenters. The van der Waals surface area contributed by atoms with Crippen LogP contribution in [-0.4, -0.2) is 33.9 Å². The molecule has 0 N–H and O–H groups in total. The van der Waals surface area contributed by atoms with E-state index >= 15 is 0 Å². The quantitative estimate of drug-likeness (QED) is 0.632. The van der Waals surface area contributed by atoms with Crippen molar-refractivity contribution in [2.75, 3.05) is 38.8 Å². The van der Waals surface area contributed by atoms with Crippen LogP contribution in [0.2, 0.25) is 0 Å². The van der Waals surface area contributed by atoms with Crippen LogP contribution >= 0.6 is 11.8 Å². The Bertz CT molecular complexity index is 723. The first kappa shape index (κ1) is 19.0. The van der Waals surface area contributed by atoms with Crippen molar-refractivity contribution in [3.8, 4) is 0 Å². The van der Waals surface area contributed by atoms with Crippen LogP contribution in [0.25, 0.3) is 0 Å². The maximum atomic E-state index is 5.93. The molecule has 138 valence electrons. The molecule has 1 aliphatic rings. The zero-order valence-corrected chi connectivity index (χ0v) is 16.4. The lowest BCUT2D eigenvalue weighted by Crippen LogP contribution is -2.35. The van der Waals surface area contributed by atoms with Crippen LogP contribution in [0.3, 0.4) is 0 Å². The summed E-state index contributed by atoms with van der Waals surface area (Å²) >= 11 is 1.78. The summed E-state index contributed by atoms with van der Waals surface area (Å²) in [6.07, 6.45) is 3.72. The van der Waals surface area contributed by atoms with Crippen LogP contribution in [-0.2, 0) is 15.1 Å². The van der Waals surface area contributed by atoms with Crippen molar-refractivity contribution in [3.63, 3.8) is 0 Å². The largest absolute Gasteiger partial charge is 0.381 e. The summed E-state index contributed by atoms with van der Waals surface area (Å²) in [5.41, 5.74) is 2.23. The second-order valence-corrected chi connectivity index (χ2v) is 7.75. The fourth-order valence-corrected chi connectivity index (χ4v) is 4.24. The molecule has 0 radical (unpaired) electrons. The van der Waals surface area contributed by atoms with Crippen molar-refractivity contribution in [1.29, 1.82) is 0 Å². The average molecular weight is 370 g/mol. The number of benzene rings is 2. The highest BCUT2D eigenvalue weighted by Crippen LogP contribution is 2.38. The summed E-state index contributed by atoms with van der Waals surface area (Å²) in [6, 6.07) is 17.4. The summed E-state index contributed by atoms with van der Waals surface area (Å²) in [5.74, 6) is 0. The highest BCUT2D eigenvalue weighted by molar-refractivity contribution is 7.99. The number of anilines is 1. The van der Waals surface area contributed by atoms with Crippen LogP contribution in [0.4, 0.5) is 5.69 Å². The third-order valence-electron chi connectivity index (χ3n) is 4.97. The molecule has 4 heteroatoms. The van der Waals surface area contributed by atoms with Gasteiger partial charge in [0, 0.05) is 62.2 Å². The van der Waals surface area contributed by atoms with Gasteiger partial charge in [-0.25, -0.2) is 0 Å². The summed E-state index contributed by atoms with van der Waals surface area (Å²) in [5, 5.41) is 0. The highest BCUT2D eigenvalue weighted by Gasteiger charge is 2.34. The molecule has 1 saturated heterocycles. The Morgan fingerprint density at radius 3 is 2.54 bits per heavy atom. The van der Waals surface area contributed by atoms with Gasteiger partial charge in [0.1, 0.15) is 0 Å². The Hall–Kier alpha value is -1.75. The third-order valence-corrected chi connectivity index (χ3v) is 5.97. The van der Waals surface area contributed by atoms with Gasteiger partial charge in [-0.1, -0.05) is 30.0 Å². The van der Waals surface area contributed by atoms with E-state index in [1.165, 1.54) is 21.0 Å². The molecule has 0 aliphatic carbocycles. The van der Waals surface area contributed by atoms with Crippen LogP contribution in [0.5, 0.6) is 0 Å². The summed E-state index contributed by atoms with van der Waals surface area (Å²) in [4.78, 5) is 4.64. The van der Waals surface area contributed by atoms with Gasteiger partial charge >= 0.3 is 0 Å². The molecule has 2 aromatic rings. The van der Waals surface area contributed by atoms with E-state index in [-0.39, 0.29) is 5.60 Å². The fraction of sp³-hybridized carbons (Fsp3) is 0.364. The Morgan fingerprint density at radius 1 is 1.15 bits per heavy atom. The Labute approximate surface area is 161 Å². The zero-order valence-electron chi connectivity index (χ0n) is 15.6. The minimum Gasteiger partial charge on any atom is -0.381 e. The van der Waals surface area contributed by atoms with Crippen molar-refractivity contribution in [2.24, 2.45) is 0 Å². The van der Waals surface area contributed by atoms with Gasteiger partial charge in [-0.15, -0.1) is 6.58 Å². The Kier molecular flexibility index (Phi) is 6.41. The van der Waals surface area contributed by atoms with E-state index < -0.39 is 0 Å². The van der Waals surface area contributed by atoms with Crippen LogP contribution in [0, 0.1) is 0 Å². The van der Waals surface area contributed by atoms with Gasteiger partial charge in [0.05, 0.1) is 5.60 Å². The van der Waals surface area contributed by atoms with E-state index in [4.69, 9.17) is 9.47 Å². The first-order valence-corrected chi connectivity index (χ1v) is 9.82. The molecule has 2 aromatic carbocycles. The standard InChI is InChI=1S/C22H27NO2S/c1-4-14-23(2)19-8-10-20(11-9-19)26-21-7-5-6-18(17-21)22(24-3)12-15-25-16-13-22/h4-11,17H,1,12-16H2,2-3H3. The minimum atomic E-state index is -0.216. The number of methoxy groups -OCH3 is 1. The van der Waals surface area contributed by atoms with Gasteiger partial charge in [-0.3, -0.25) is 0 Å². The van der Waals surface area contributed by atoms with Crippen LogP contribution < -0.4 is 4.90 Å². The van der Waals surface area contributed by atoms with Crippen molar-refractivity contribution in [1.82, 2.24) is 0 Å². The normalized spacial score (nSPS) is 16.2. The SMILES string of the molecule is C=CCN(C)c1ccc(Sc2cccc(C3(OC)CCOCC3)c2)cc1. The maximum absolute atomic E-state index is 5.93. The van der Waals surface area contributed by atoms with Crippen LogP contribution in [0.1, 0.15) is 18.4 Å². The van der Waals surface area contributed by atoms with Gasteiger partial charge in [0.2, 0.25) is 0 Å². The molecule has 3 rings (SSSR count). The molecular weight excluding hydrogens is 342 g/mol. The van der Waals surface area contributed by atoms with E-state index in [2.05, 4.69) is 67.1 Å². The second kappa shape index (κ2) is 8.76. The third kappa shape index (κ3) is 4.32. The maximum Gasteiger partial charge on any atom is 0.0971 e. The molecule has 3 nitrogen and oxygen atoms in total. The predicted molar refractivity (Wildman–Crippen MR) is 109 cm³/mol. The average Bonchev–Trinajstić information content (AvgIpc) is 2.69. The smallest absolute Gasteiger partial charge is 0.0971 e. The summed E-state index contributed by atoms with van der Waals surface area (Å²) in [7, 11) is 3.88. The van der Waals surface area contributed by atoms with Crippen molar-refractivity contribution < 1.29 is 9.47 Å². The fourth-order valence-electron chi connectivity index (χ4n) is 3.36. The van der Waals surface area contributed by atoms with Gasteiger partial charge in [0.15, 0.2) is 0 Å². The number of nitrogens with zero attached hydrogens (tertiary/aromatic N) is 1. The van der Waals surface area contributed by atoms with E-state index in [9.17, 15) is 0 Å². The lowest BCUT2D eigenvalue weighted by molar-refractivity contribution is -0.0948. The second-order valence-electron chi connectivity index (χ2n) is 6.60. The predicted octanol–water partition coefficient (Wildman–Crippen LogP) is 5.11. The summed E-state index contributed by atoms with van der Waals surface area (Å²) in [6.45, 7) is 6.15. The Morgan fingerprint density at radius 2 is 1.88 bits per heavy atom. The molecule has 0 amide bonds. The number of hydrogen-bond acceptors (Lipinski definition) is 4. The number of rotatable bonds is 7. The van der Waals surface area contributed by atoms with Crippen LogP contribution in [0.15, 0.2) is 71.0 Å². The van der Waals surface area contributed by atoms with Crippen molar-refractivity contribution in [3.05, 3.63) is 66.7 Å². The van der Waals surface area contributed by atoms with Gasteiger partial charge in [0.25, 0.3) is 0 Å². The van der Waals surface area contributed by atoms with E-state index in [0.717, 1.165) is 32.6 Å². The minimum absolute atomic E-state index is 0.216. The van der Waals surface area contributed by atoms with E-state index in [1.807, 2.05) is 13.2 Å². The first-order valence-electron chi connectivity index (χ1n) is 9.00. The monoisotopic (exact) mass is 369 g/mol. The van der Waals surface area contributed by atoms with Gasteiger partial charge < -0.3 is 14.4 Å². The van der Waals surface area contributed by atoms with Gasteiger partial charge in [-0.05, 0) is 42.0 Å². The molecule has 1 aliphatic heterocycles. The highest BCUT2D eigenvalue weighted by atomic mass is 32.2. The molecule has 0 spiro atoms. The molecule has 0 aromatic heterocycles. The molecule has 0 atom stereocenters. The van der Waals surface area contributed by atoms with Crippen molar-refractivity contribution >= 4 is 17.4 Å². The molecule has 1 fully saturated rings. The molecular formula is C22H27NO2S. The number of hydrogen-bond donors (Lipinski definition) is 0. The molecule has 1 heterocycles. The number of likely N-dealkylation sites (N-methyl/N-ethyl adjacent to an activating group) is 1. The lowest BCUT2D eigenvalue weighted by atomic mass is 9.86. The summed E-state index contributed by atoms with van der Waals surface area (Å²) < 4.78 is 11.5. The molecule has 0 saturated carbocycles. The topological polar surface area (TPSA) is 21.7 Å². The number of ether oxygens (including phenoxy) is 2. The molecule has 0 bridgehead atoms. The lowest BCUT2D eigenvalue weighted by Gasteiger charge is -2.36.